The third-order valence-electron chi connectivity index (χ3n) is 2.28. The second kappa shape index (κ2) is 5.34. The van der Waals surface area contributed by atoms with Crippen molar-refractivity contribution in [3.8, 4) is 0 Å². The molecule has 1 rings (SSSR count). The van der Waals surface area contributed by atoms with E-state index in [9.17, 15) is 4.79 Å². The van der Waals surface area contributed by atoms with Crippen molar-refractivity contribution in [1.82, 2.24) is 10.3 Å². The molecule has 3 N–H and O–H groups in total. The molecule has 0 atom stereocenters. The number of carbonyl (C=O) groups is 1. The van der Waals surface area contributed by atoms with E-state index in [1.165, 1.54) is 0 Å². The standard InChI is InChI=1S/C11H18N4O/c1-4-13-11(16)7-15(3)10-5-8(2)9(12)6-14-10/h5-6H,4,7,12H2,1-3H3,(H,13,16). The quantitative estimate of drug-likeness (QED) is 0.780. The predicted octanol–water partition coefficient (Wildman–Crippen LogP) is 0.545. The Labute approximate surface area is 95.7 Å². The van der Waals surface area contributed by atoms with Crippen molar-refractivity contribution < 1.29 is 4.79 Å². The summed E-state index contributed by atoms with van der Waals surface area (Å²) < 4.78 is 0. The molecule has 0 aliphatic carbocycles. The number of nitrogens with two attached hydrogens (primary N) is 1. The lowest BCUT2D eigenvalue weighted by atomic mass is 10.2. The largest absolute Gasteiger partial charge is 0.397 e. The van der Waals surface area contributed by atoms with E-state index in [0.29, 0.717) is 18.8 Å². The van der Waals surface area contributed by atoms with Gasteiger partial charge in [0.15, 0.2) is 0 Å². The number of nitrogen functional groups attached to an aromatic ring is 1. The number of carbonyl (C=O) groups excluding carboxylic acids is 1. The fourth-order valence-electron chi connectivity index (χ4n) is 1.31. The average molecular weight is 222 g/mol. The van der Waals surface area contributed by atoms with Gasteiger partial charge in [-0.1, -0.05) is 0 Å². The molecule has 5 heteroatoms. The molecule has 0 aliphatic heterocycles. The fraction of sp³-hybridized carbons (Fsp3) is 0.455. The van der Waals surface area contributed by atoms with E-state index in [2.05, 4.69) is 10.3 Å². The van der Waals surface area contributed by atoms with Gasteiger partial charge in [-0.15, -0.1) is 0 Å². The minimum absolute atomic E-state index is 0.0127. The highest BCUT2D eigenvalue weighted by Crippen LogP contribution is 2.15. The highest BCUT2D eigenvalue weighted by atomic mass is 16.2. The molecule has 0 bridgehead atoms. The Hall–Kier alpha value is -1.78. The van der Waals surface area contributed by atoms with Crippen molar-refractivity contribution in [2.45, 2.75) is 13.8 Å². The maximum absolute atomic E-state index is 11.4. The number of likely N-dealkylation sites (N-methyl/N-ethyl adjacent to an activating group) is 2. The van der Waals surface area contributed by atoms with Gasteiger partial charge >= 0.3 is 0 Å². The van der Waals surface area contributed by atoms with Gasteiger partial charge < -0.3 is 16.0 Å². The van der Waals surface area contributed by atoms with Gasteiger partial charge in [-0.2, -0.15) is 0 Å². The number of anilines is 2. The molecule has 0 unspecified atom stereocenters. The second-order valence-electron chi connectivity index (χ2n) is 3.71. The Bertz CT molecular complexity index is 378. The van der Waals surface area contributed by atoms with Crippen molar-refractivity contribution in [3.05, 3.63) is 17.8 Å². The van der Waals surface area contributed by atoms with Gasteiger partial charge in [-0.25, -0.2) is 4.98 Å². The zero-order chi connectivity index (χ0) is 12.1. The van der Waals surface area contributed by atoms with E-state index in [-0.39, 0.29) is 5.91 Å². The first-order valence-corrected chi connectivity index (χ1v) is 5.24. The summed E-state index contributed by atoms with van der Waals surface area (Å²) in [4.78, 5) is 17.3. The molecule has 16 heavy (non-hydrogen) atoms. The van der Waals surface area contributed by atoms with Crippen molar-refractivity contribution in [2.24, 2.45) is 0 Å². The van der Waals surface area contributed by atoms with Gasteiger partial charge in [0.25, 0.3) is 0 Å². The summed E-state index contributed by atoms with van der Waals surface area (Å²) in [6, 6.07) is 1.87. The minimum Gasteiger partial charge on any atom is -0.397 e. The van der Waals surface area contributed by atoms with Crippen LogP contribution in [0, 0.1) is 6.92 Å². The Morgan fingerprint density at radius 2 is 2.31 bits per heavy atom. The molecule has 0 spiro atoms. The van der Waals surface area contributed by atoms with Gasteiger partial charge in [0, 0.05) is 13.6 Å². The molecule has 0 radical (unpaired) electrons. The smallest absolute Gasteiger partial charge is 0.239 e. The highest BCUT2D eigenvalue weighted by molar-refractivity contribution is 5.80. The topological polar surface area (TPSA) is 71.2 Å². The normalized spacial score (nSPS) is 9.94. The maximum Gasteiger partial charge on any atom is 0.239 e. The summed E-state index contributed by atoms with van der Waals surface area (Å²) >= 11 is 0. The SMILES string of the molecule is CCNC(=O)CN(C)c1cc(C)c(N)cn1. The first-order valence-electron chi connectivity index (χ1n) is 5.24. The van der Waals surface area contributed by atoms with Gasteiger partial charge in [-0.05, 0) is 25.5 Å². The lowest BCUT2D eigenvalue weighted by Gasteiger charge is -2.18. The molecule has 1 aromatic rings. The van der Waals surface area contributed by atoms with Crippen LogP contribution >= 0.6 is 0 Å². The summed E-state index contributed by atoms with van der Waals surface area (Å²) in [6.07, 6.45) is 1.61. The van der Waals surface area contributed by atoms with Crippen molar-refractivity contribution >= 4 is 17.4 Å². The number of nitrogens with zero attached hydrogens (tertiary/aromatic N) is 2. The lowest BCUT2D eigenvalue weighted by molar-refractivity contribution is -0.119. The second-order valence-corrected chi connectivity index (χ2v) is 3.71. The Morgan fingerprint density at radius 1 is 1.62 bits per heavy atom. The number of nitrogens with one attached hydrogen (secondary N) is 1. The van der Waals surface area contributed by atoms with Crippen LogP contribution in [0.25, 0.3) is 0 Å². The van der Waals surface area contributed by atoms with Crippen LogP contribution in [-0.2, 0) is 4.79 Å². The van der Waals surface area contributed by atoms with E-state index in [4.69, 9.17) is 5.73 Å². The number of rotatable bonds is 4. The van der Waals surface area contributed by atoms with Gasteiger partial charge in [0.1, 0.15) is 5.82 Å². The number of hydrogen-bond donors (Lipinski definition) is 2. The molecule has 1 heterocycles. The summed E-state index contributed by atoms with van der Waals surface area (Å²) in [6.45, 7) is 4.75. The molecule has 0 saturated carbocycles. The first kappa shape index (κ1) is 12.3. The van der Waals surface area contributed by atoms with Gasteiger partial charge in [-0.3, -0.25) is 4.79 Å². The fourth-order valence-corrected chi connectivity index (χ4v) is 1.31. The monoisotopic (exact) mass is 222 g/mol. The van der Waals surface area contributed by atoms with Crippen LogP contribution in [0.3, 0.4) is 0 Å². The van der Waals surface area contributed by atoms with Gasteiger partial charge in [0.05, 0.1) is 18.4 Å². The van der Waals surface area contributed by atoms with Gasteiger partial charge in [0.2, 0.25) is 5.91 Å². The molecule has 0 saturated heterocycles. The molecule has 5 nitrogen and oxygen atoms in total. The predicted molar refractivity (Wildman–Crippen MR) is 65.3 cm³/mol. The van der Waals surface area contributed by atoms with Crippen molar-refractivity contribution in [1.29, 1.82) is 0 Å². The Kier molecular flexibility index (Phi) is 4.10. The van der Waals surface area contributed by atoms with E-state index in [0.717, 1.165) is 11.4 Å². The van der Waals surface area contributed by atoms with E-state index >= 15 is 0 Å². The summed E-state index contributed by atoms with van der Waals surface area (Å²) in [5.74, 6) is 0.735. The highest BCUT2D eigenvalue weighted by Gasteiger charge is 2.08. The summed E-state index contributed by atoms with van der Waals surface area (Å²) in [5.41, 5.74) is 7.31. The van der Waals surface area contributed by atoms with Crippen LogP contribution < -0.4 is 16.0 Å². The molecule has 1 aromatic heterocycles. The van der Waals surface area contributed by atoms with Crippen LogP contribution in [-0.4, -0.2) is 31.0 Å². The summed E-state index contributed by atoms with van der Waals surface area (Å²) in [7, 11) is 1.83. The number of aryl methyl sites for hydroxylation is 1. The number of hydrogen-bond acceptors (Lipinski definition) is 4. The molecule has 0 aliphatic rings. The van der Waals surface area contributed by atoms with Crippen molar-refractivity contribution in [3.63, 3.8) is 0 Å². The molecular formula is C11H18N4O. The van der Waals surface area contributed by atoms with Crippen LogP contribution in [0.15, 0.2) is 12.3 Å². The van der Waals surface area contributed by atoms with Crippen LogP contribution in [0.5, 0.6) is 0 Å². The summed E-state index contributed by atoms with van der Waals surface area (Å²) in [5, 5.41) is 2.74. The molecule has 88 valence electrons. The Balaban J connectivity index is 2.69. The molecule has 0 aromatic carbocycles. The lowest BCUT2D eigenvalue weighted by Crippen LogP contribution is -2.35. The number of pyridine rings is 1. The molecule has 0 fully saturated rings. The van der Waals surface area contributed by atoms with E-state index in [1.54, 1.807) is 11.1 Å². The molecular weight excluding hydrogens is 204 g/mol. The van der Waals surface area contributed by atoms with Crippen molar-refractivity contribution in [2.75, 3.05) is 30.8 Å². The van der Waals surface area contributed by atoms with E-state index in [1.807, 2.05) is 27.0 Å². The minimum atomic E-state index is -0.0127. The average Bonchev–Trinajstić information content (AvgIpc) is 2.22. The zero-order valence-electron chi connectivity index (χ0n) is 9.95. The van der Waals surface area contributed by atoms with Crippen LogP contribution in [0.1, 0.15) is 12.5 Å². The molecule has 1 amide bonds. The number of aromatic nitrogens is 1. The zero-order valence-corrected chi connectivity index (χ0v) is 9.95. The third-order valence-corrected chi connectivity index (χ3v) is 2.28. The maximum atomic E-state index is 11.4. The Morgan fingerprint density at radius 3 is 2.88 bits per heavy atom. The van der Waals surface area contributed by atoms with Crippen LogP contribution in [0.4, 0.5) is 11.5 Å². The number of amides is 1. The van der Waals surface area contributed by atoms with Crippen LogP contribution in [0.2, 0.25) is 0 Å². The first-order chi connectivity index (χ1) is 7.54. The third kappa shape index (κ3) is 3.12. The van der Waals surface area contributed by atoms with E-state index < -0.39 is 0 Å².